The van der Waals surface area contributed by atoms with Crippen LogP contribution in [0.3, 0.4) is 0 Å². The zero-order chi connectivity index (χ0) is 15.4. The molecule has 1 saturated heterocycles. The van der Waals surface area contributed by atoms with Crippen LogP contribution in [0.15, 0.2) is 18.2 Å². The summed E-state index contributed by atoms with van der Waals surface area (Å²) in [6, 6.07) is 4.65. The fourth-order valence-corrected chi connectivity index (χ4v) is 2.71. The second-order valence-corrected chi connectivity index (χ2v) is 5.27. The van der Waals surface area contributed by atoms with Crippen molar-refractivity contribution in [1.29, 1.82) is 0 Å². The number of primary amides is 1. The van der Waals surface area contributed by atoms with E-state index in [-0.39, 0.29) is 17.3 Å². The van der Waals surface area contributed by atoms with E-state index in [4.69, 9.17) is 5.73 Å². The average Bonchev–Trinajstić information content (AvgIpc) is 2.74. The first-order valence-corrected chi connectivity index (χ1v) is 7.02. The van der Waals surface area contributed by atoms with Gasteiger partial charge >= 0.3 is 0 Å². The van der Waals surface area contributed by atoms with Gasteiger partial charge in [0.05, 0.1) is 4.92 Å². The molecule has 0 aromatic heterocycles. The largest absolute Gasteiger partial charge is 0.366 e. The second kappa shape index (κ2) is 6.53. The predicted octanol–water partition coefficient (Wildman–Crippen LogP) is 1.27. The normalized spacial score (nSPS) is 18.8. The lowest BCUT2D eigenvalue weighted by Gasteiger charge is -2.28. The molecule has 1 aliphatic heterocycles. The molecule has 1 amide bonds. The van der Waals surface area contributed by atoms with Crippen LogP contribution in [0.25, 0.3) is 0 Å². The van der Waals surface area contributed by atoms with E-state index in [9.17, 15) is 14.9 Å². The molecule has 1 heterocycles. The van der Waals surface area contributed by atoms with Gasteiger partial charge in [0.15, 0.2) is 0 Å². The maximum Gasteiger partial charge on any atom is 0.293 e. The number of hydrogen-bond donors (Lipinski definition) is 2. The molecule has 0 saturated carbocycles. The minimum absolute atomic E-state index is 0.0778. The van der Waals surface area contributed by atoms with Crippen LogP contribution >= 0.6 is 0 Å². The topological polar surface area (TPSA) is 102 Å². The van der Waals surface area contributed by atoms with Gasteiger partial charge in [0, 0.05) is 24.7 Å². The zero-order valence-electron chi connectivity index (χ0n) is 12.0. The number of nitrogens with one attached hydrogen (secondary N) is 1. The Hall–Kier alpha value is -2.15. The summed E-state index contributed by atoms with van der Waals surface area (Å²) in [7, 11) is 1.86. The van der Waals surface area contributed by atoms with Crippen LogP contribution in [0.2, 0.25) is 0 Å². The molecule has 3 N–H and O–H groups in total. The van der Waals surface area contributed by atoms with Crippen LogP contribution in [0.1, 0.15) is 29.6 Å². The van der Waals surface area contributed by atoms with Crippen molar-refractivity contribution in [3.8, 4) is 0 Å². The lowest BCUT2D eigenvalue weighted by molar-refractivity contribution is -0.384. The third-order valence-corrected chi connectivity index (χ3v) is 3.93. The van der Waals surface area contributed by atoms with E-state index in [1.54, 1.807) is 6.07 Å². The number of nitrogens with two attached hydrogens (primary N) is 1. The number of benzene rings is 1. The quantitative estimate of drug-likeness (QED) is 0.643. The van der Waals surface area contributed by atoms with Crippen molar-refractivity contribution >= 4 is 17.3 Å². The molecule has 1 aliphatic rings. The highest BCUT2D eigenvalue weighted by atomic mass is 16.6. The van der Waals surface area contributed by atoms with Crippen molar-refractivity contribution in [2.75, 3.05) is 25.0 Å². The molecular weight excluding hydrogens is 272 g/mol. The van der Waals surface area contributed by atoms with Gasteiger partial charge in [-0.3, -0.25) is 14.9 Å². The van der Waals surface area contributed by atoms with E-state index < -0.39 is 10.8 Å². The summed E-state index contributed by atoms with van der Waals surface area (Å²) in [4.78, 5) is 23.9. The van der Waals surface area contributed by atoms with Gasteiger partial charge in [0.25, 0.3) is 5.69 Å². The number of amides is 1. The maximum absolute atomic E-state index is 11.3. The summed E-state index contributed by atoms with van der Waals surface area (Å²) >= 11 is 0. The minimum atomic E-state index is -0.661. The molecule has 114 valence electrons. The summed E-state index contributed by atoms with van der Waals surface area (Å²) < 4.78 is 0. The van der Waals surface area contributed by atoms with Crippen molar-refractivity contribution in [3.63, 3.8) is 0 Å². The molecule has 0 bridgehead atoms. The monoisotopic (exact) mass is 292 g/mol. The summed E-state index contributed by atoms with van der Waals surface area (Å²) in [6.07, 6.45) is 2.96. The zero-order valence-corrected chi connectivity index (χ0v) is 12.0. The number of hydrogen-bond acceptors (Lipinski definition) is 5. The Balaban J connectivity index is 2.32. The van der Waals surface area contributed by atoms with Crippen LogP contribution < -0.4 is 16.0 Å². The molecular formula is C14H20N4O3. The number of nitrogens with zero attached hydrogens (tertiary/aromatic N) is 2. The van der Waals surface area contributed by atoms with E-state index in [1.165, 1.54) is 12.1 Å². The summed E-state index contributed by atoms with van der Waals surface area (Å²) in [5, 5.41) is 14.6. The summed E-state index contributed by atoms with van der Waals surface area (Å²) in [5.74, 6) is -0.661. The predicted molar refractivity (Wildman–Crippen MR) is 80.5 cm³/mol. The lowest BCUT2D eigenvalue weighted by atomic mass is 10.1. The Labute approximate surface area is 123 Å². The summed E-state index contributed by atoms with van der Waals surface area (Å²) in [5.41, 5.74) is 5.79. The Morgan fingerprint density at radius 2 is 2.19 bits per heavy atom. The number of nitro benzene ring substituents is 1. The Morgan fingerprint density at radius 1 is 1.43 bits per heavy atom. The smallest absolute Gasteiger partial charge is 0.293 e. The Kier molecular flexibility index (Phi) is 4.74. The number of rotatable bonds is 4. The maximum atomic E-state index is 11.3. The highest BCUT2D eigenvalue weighted by Crippen LogP contribution is 2.31. The molecule has 1 fully saturated rings. The van der Waals surface area contributed by atoms with Gasteiger partial charge in [-0.15, -0.1) is 0 Å². The molecule has 0 aliphatic carbocycles. The third kappa shape index (κ3) is 3.49. The van der Waals surface area contributed by atoms with Crippen molar-refractivity contribution in [2.24, 2.45) is 5.73 Å². The third-order valence-electron chi connectivity index (χ3n) is 3.93. The van der Waals surface area contributed by atoms with Gasteiger partial charge in [-0.1, -0.05) is 0 Å². The highest BCUT2D eigenvalue weighted by molar-refractivity contribution is 5.94. The van der Waals surface area contributed by atoms with E-state index in [2.05, 4.69) is 5.32 Å². The van der Waals surface area contributed by atoms with Gasteiger partial charge in [0.2, 0.25) is 5.91 Å². The molecule has 7 nitrogen and oxygen atoms in total. The Morgan fingerprint density at radius 3 is 2.86 bits per heavy atom. The molecule has 1 aromatic carbocycles. The van der Waals surface area contributed by atoms with E-state index in [0.717, 1.165) is 32.4 Å². The van der Waals surface area contributed by atoms with Crippen molar-refractivity contribution in [2.45, 2.75) is 25.3 Å². The van der Waals surface area contributed by atoms with Gasteiger partial charge in [-0.2, -0.15) is 0 Å². The lowest BCUT2D eigenvalue weighted by Crippen LogP contribution is -2.33. The van der Waals surface area contributed by atoms with Crippen molar-refractivity contribution in [1.82, 2.24) is 5.32 Å². The first kappa shape index (κ1) is 15.2. The van der Waals surface area contributed by atoms with Crippen LogP contribution in [-0.4, -0.2) is 37.0 Å². The first-order valence-electron chi connectivity index (χ1n) is 7.02. The molecule has 21 heavy (non-hydrogen) atoms. The molecule has 1 atom stereocenters. The summed E-state index contributed by atoms with van der Waals surface area (Å²) in [6.45, 7) is 1.88. The molecule has 1 aromatic rings. The molecule has 1 unspecified atom stereocenters. The van der Waals surface area contributed by atoms with Crippen LogP contribution in [0, 0.1) is 10.1 Å². The van der Waals surface area contributed by atoms with Crippen LogP contribution in [0.4, 0.5) is 11.4 Å². The van der Waals surface area contributed by atoms with Crippen LogP contribution in [-0.2, 0) is 0 Å². The molecule has 7 heteroatoms. The highest BCUT2D eigenvalue weighted by Gasteiger charge is 2.24. The molecule has 2 rings (SSSR count). The van der Waals surface area contributed by atoms with Gasteiger partial charge in [0.1, 0.15) is 5.69 Å². The number of carbonyl (C=O) groups excluding carboxylic acids is 1. The molecule has 0 radical (unpaired) electrons. The molecule has 0 spiro atoms. The first-order chi connectivity index (χ1) is 10.0. The van der Waals surface area contributed by atoms with Gasteiger partial charge in [-0.05, 0) is 44.5 Å². The van der Waals surface area contributed by atoms with Crippen LogP contribution in [0.5, 0.6) is 0 Å². The fraction of sp³-hybridized carbons (Fsp3) is 0.500. The fourth-order valence-electron chi connectivity index (χ4n) is 2.71. The SMILES string of the molecule is CN(c1ccc(C(N)=O)cc1[N+](=O)[O-])C1CCCNCC1. The second-order valence-electron chi connectivity index (χ2n) is 5.27. The minimum Gasteiger partial charge on any atom is -0.366 e. The van der Waals surface area contributed by atoms with Crippen molar-refractivity contribution < 1.29 is 9.72 Å². The standard InChI is InChI=1S/C14H20N4O3/c1-17(11-3-2-7-16-8-6-11)12-5-4-10(14(15)19)9-13(12)18(20)21/h4-5,9,11,16H,2-3,6-8H2,1H3,(H2,15,19). The van der Waals surface area contributed by atoms with E-state index >= 15 is 0 Å². The Bertz CT molecular complexity index is 539. The van der Waals surface area contributed by atoms with E-state index in [1.807, 2.05) is 11.9 Å². The number of anilines is 1. The number of carbonyl (C=O) groups is 1. The van der Waals surface area contributed by atoms with Crippen molar-refractivity contribution in [3.05, 3.63) is 33.9 Å². The number of nitro groups is 1. The van der Waals surface area contributed by atoms with E-state index in [0.29, 0.717) is 5.69 Å². The van der Waals surface area contributed by atoms with Gasteiger partial charge in [-0.25, -0.2) is 0 Å². The van der Waals surface area contributed by atoms with Gasteiger partial charge < -0.3 is 16.0 Å². The average molecular weight is 292 g/mol.